The minimum absolute atomic E-state index is 0.0199. The summed E-state index contributed by atoms with van der Waals surface area (Å²) in [5, 5.41) is 8.77. The summed E-state index contributed by atoms with van der Waals surface area (Å²) in [7, 11) is 0. The van der Waals surface area contributed by atoms with Crippen LogP contribution in [0, 0.1) is 5.41 Å². The molecule has 0 spiro atoms. The van der Waals surface area contributed by atoms with Crippen LogP contribution in [-0.4, -0.2) is 24.3 Å². The normalized spacial score (nSPS) is 19.7. The Labute approximate surface area is 107 Å². The maximum absolute atomic E-state index is 10.7. The van der Waals surface area contributed by atoms with Crippen molar-refractivity contribution in [2.24, 2.45) is 5.41 Å². The van der Waals surface area contributed by atoms with Gasteiger partial charge in [0.2, 0.25) is 0 Å². The van der Waals surface area contributed by atoms with Crippen LogP contribution < -0.4 is 0 Å². The van der Waals surface area contributed by atoms with Gasteiger partial charge in [0.05, 0.1) is 19.6 Å². The molecule has 98 valence electrons. The van der Waals surface area contributed by atoms with Gasteiger partial charge in [0.1, 0.15) is 0 Å². The van der Waals surface area contributed by atoms with E-state index in [0.29, 0.717) is 13.2 Å². The fourth-order valence-corrected chi connectivity index (χ4v) is 1.91. The molecular formula is C14H18O4. The van der Waals surface area contributed by atoms with Gasteiger partial charge in [-0.3, -0.25) is 4.79 Å². The average molecular weight is 250 g/mol. The first-order valence-corrected chi connectivity index (χ1v) is 6.00. The lowest BCUT2D eigenvalue weighted by Crippen LogP contribution is -2.33. The molecule has 1 saturated heterocycles. The van der Waals surface area contributed by atoms with E-state index < -0.39 is 5.97 Å². The summed E-state index contributed by atoms with van der Waals surface area (Å²) in [5.41, 5.74) is 1.68. The molecular weight excluding hydrogens is 232 g/mol. The van der Waals surface area contributed by atoms with Crippen LogP contribution in [0.2, 0.25) is 0 Å². The molecule has 1 N–H and O–H groups in total. The highest BCUT2D eigenvalue weighted by Crippen LogP contribution is 2.31. The Morgan fingerprint density at radius 3 is 2.67 bits per heavy atom. The zero-order valence-corrected chi connectivity index (χ0v) is 10.7. The van der Waals surface area contributed by atoms with Gasteiger partial charge in [-0.25, -0.2) is 0 Å². The third-order valence-electron chi connectivity index (χ3n) is 2.83. The number of hydrogen-bond acceptors (Lipinski definition) is 3. The van der Waals surface area contributed by atoms with E-state index >= 15 is 0 Å². The Hall–Kier alpha value is -1.39. The first kappa shape index (κ1) is 13.1. The lowest BCUT2D eigenvalue weighted by Gasteiger charge is -2.34. The largest absolute Gasteiger partial charge is 0.481 e. The molecule has 1 aliphatic rings. The maximum atomic E-state index is 10.7. The van der Waals surface area contributed by atoms with Gasteiger partial charge in [0.25, 0.3) is 0 Å². The molecule has 1 fully saturated rings. The van der Waals surface area contributed by atoms with Crippen molar-refractivity contribution in [3.63, 3.8) is 0 Å². The third-order valence-corrected chi connectivity index (χ3v) is 2.83. The summed E-state index contributed by atoms with van der Waals surface area (Å²) in [6.07, 6.45) is -0.363. The topological polar surface area (TPSA) is 55.8 Å². The summed E-state index contributed by atoms with van der Waals surface area (Å²) in [6, 6.07) is 7.36. The molecule has 0 saturated carbocycles. The van der Waals surface area contributed by atoms with Crippen LogP contribution in [0.1, 0.15) is 31.3 Å². The lowest BCUT2D eigenvalue weighted by atomic mass is 9.95. The maximum Gasteiger partial charge on any atom is 0.307 e. The van der Waals surface area contributed by atoms with Gasteiger partial charge < -0.3 is 14.6 Å². The second kappa shape index (κ2) is 5.08. The van der Waals surface area contributed by atoms with E-state index in [1.165, 1.54) is 0 Å². The standard InChI is InChI=1S/C14H18O4/c1-14(2)8-17-13(18-9-14)11-5-3-4-10(6-11)7-12(15)16/h3-6,13H,7-9H2,1-2H3,(H,15,16). The van der Waals surface area contributed by atoms with Crippen molar-refractivity contribution in [3.05, 3.63) is 35.4 Å². The van der Waals surface area contributed by atoms with Gasteiger partial charge in [-0.2, -0.15) is 0 Å². The Balaban J connectivity index is 2.07. The van der Waals surface area contributed by atoms with Crippen LogP contribution in [-0.2, 0) is 20.7 Å². The lowest BCUT2D eigenvalue weighted by molar-refractivity contribution is -0.226. The van der Waals surface area contributed by atoms with Crippen LogP contribution >= 0.6 is 0 Å². The van der Waals surface area contributed by atoms with Gasteiger partial charge in [-0.1, -0.05) is 38.1 Å². The van der Waals surface area contributed by atoms with Crippen molar-refractivity contribution >= 4 is 5.97 Å². The summed E-state index contributed by atoms with van der Waals surface area (Å²) in [5.74, 6) is -0.834. The smallest absolute Gasteiger partial charge is 0.307 e. The fraction of sp³-hybridized carbons (Fsp3) is 0.500. The molecule has 0 amide bonds. The van der Waals surface area contributed by atoms with Gasteiger partial charge in [-0.15, -0.1) is 0 Å². The number of benzene rings is 1. The van der Waals surface area contributed by atoms with Crippen molar-refractivity contribution < 1.29 is 19.4 Å². The van der Waals surface area contributed by atoms with Crippen LogP contribution in [0.5, 0.6) is 0 Å². The molecule has 4 heteroatoms. The molecule has 0 bridgehead atoms. The first-order valence-electron chi connectivity index (χ1n) is 6.00. The first-order chi connectivity index (χ1) is 8.46. The Bertz CT molecular complexity index is 429. The molecule has 1 aromatic carbocycles. The molecule has 4 nitrogen and oxygen atoms in total. The molecule has 0 unspecified atom stereocenters. The molecule has 0 aromatic heterocycles. The van der Waals surface area contributed by atoms with Crippen LogP contribution in [0.25, 0.3) is 0 Å². The number of rotatable bonds is 3. The highest BCUT2D eigenvalue weighted by atomic mass is 16.7. The molecule has 2 rings (SSSR count). The van der Waals surface area contributed by atoms with Crippen molar-refractivity contribution in [2.75, 3.05) is 13.2 Å². The molecule has 1 aliphatic heterocycles. The summed E-state index contributed by atoms with van der Waals surface area (Å²) in [4.78, 5) is 10.7. The minimum atomic E-state index is -0.834. The molecule has 18 heavy (non-hydrogen) atoms. The van der Waals surface area contributed by atoms with E-state index in [9.17, 15) is 4.79 Å². The van der Waals surface area contributed by atoms with Crippen molar-refractivity contribution in [2.45, 2.75) is 26.6 Å². The van der Waals surface area contributed by atoms with E-state index in [1.54, 1.807) is 6.07 Å². The molecule has 0 aliphatic carbocycles. The third kappa shape index (κ3) is 3.31. The predicted molar refractivity (Wildman–Crippen MR) is 66.2 cm³/mol. The highest BCUT2D eigenvalue weighted by Gasteiger charge is 2.29. The number of carboxylic acids is 1. The zero-order chi connectivity index (χ0) is 13.2. The Morgan fingerprint density at radius 1 is 1.39 bits per heavy atom. The summed E-state index contributed by atoms with van der Waals surface area (Å²) in [6.45, 7) is 5.45. The summed E-state index contributed by atoms with van der Waals surface area (Å²) < 4.78 is 11.3. The number of aliphatic carboxylic acids is 1. The molecule has 1 heterocycles. The van der Waals surface area contributed by atoms with Crippen molar-refractivity contribution in [1.82, 2.24) is 0 Å². The number of ether oxygens (including phenoxy) is 2. The zero-order valence-electron chi connectivity index (χ0n) is 10.7. The van der Waals surface area contributed by atoms with Crippen molar-refractivity contribution in [3.8, 4) is 0 Å². The van der Waals surface area contributed by atoms with Crippen molar-refractivity contribution in [1.29, 1.82) is 0 Å². The second-order valence-corrected chi connectivity index (χ2v) is 5.43. The number of carboxylic acid groups (broad SMARTS) is 1. The fourth-order valence-electron chi connectivity index (χ4n) is 1.91. The van der Waals surface area contributed by atoms with Crippen LogP contribution in [0.4, 0.5) is 0 Å². The van der Waals surface area contributed by atoms with Gasteiger partial charge in [0.15, 0.2) is 6.29 Å². The Kier molecular flexibility index (Phi) is 3.68. The predicted octanol–water partition coefficient (Wildman–Crippen LogP) is 2.39. The van der Waals surface area contributed by atoms with Crippen LogP contribution in [0.15, 0.2) is 24.3 Å². The van der Waals surface area contributed by atoms with E-state index in [4.69, 9.17) is 14.6 Å². The summed E-state index contributed by atoms with van der Waals surface area (Å²) >= 11 is 0. The molecule has 0 radical (unpaired) electrons. The Morgan fingerprint density at radius 2 is 2.06 bits per heavy atom. The molecule has 1 aromatic rings. The average Bonchev–Trinajstić information content (AvgIpc) is 2.28. The minimum Gasteiger partial charge on any atom is -0.481 e. The van der Waals surface area contributed by atoms with E-state index in [0.717, 1.165) is 11.1 Å². The number of hydrogen-bond donors (Lipinski definition) is 1. The highest BCUT2D eigenvalue weighted by molar-refractivity contribution is 5.70. The van der Waals surface area contributed by atoms with E-state index in [-0.39, 0.29) is 18.1 Å². The second-order valence-electron chi connectivity index (χ2n) is 5.43. The van der Waals surface area contributed by atoms with Gasteiger partial charge in [0, 0.05) is 11.0 Å². The van der Waals surface area contributed by atoms with E-state index in [2.05, 4.69) is 13.8 Å². The van der Waals surface area contributed by atoms with Crippen LogP contribution in [0.3, 0.4) is 0 Å². The van der Waals surface area contributed by atoms with E-state index in [1.807, 2.05) is 18.2 Å². The number of carbonyl (C=O) groups is 1. The monoisotopic (exact) mass is 250 g/mol. The van der Waals surface area contributed by atoms with Gasteiger partial charge in [-0.05, 0) is 5.56 Å². The molecule has 0 atom stereocenters. The SMILES string of the molecule is CC1(C)COC(c2cccc(CC(=O)O)c2)OC1. The quantitative estimate of drug-likeness (QED) is 0.894. The van der Waals surface area contributed by atoms with Gasteiger partial charge >= 0.3 is 5.97 Å².